The van der Waals surface area contributed by atoms with E-state index in [2.05, 4.69) is 0 Å². The minimum Gasteiger partial charge on any atom is -0.423 e. The first-order valence-electron chi connectivity index (χ1n) is 3.91. The highest BCUT2D eigenvalue weighted by Crippen LogP contribution is 2.11. The number of allylic oxidation sites excluding steroid dienone is 4. The molecule has 72 valence electrons. The van der Waals surface area contributed by atoms with E-state index < -0.39 is 12.9 Å². The van der Waals surface area contributed by atoms with Crippen molar-refractivity contribution in [2.75, 3.05) is 0 Å². The Balaban J connectivity index is 4.78. The zero-order chi connectivity index (χ0) is 10.4. The molecule has 13 heavy (non-hydrogen) atoms. The van der Waals surface area contributed by atoms with Crippen molar-refractivity contribution in [1.29, 1.82) is 0 Å². The van der Waals surface area contributed by atoms with Crippen LogP contribution in [-0.2, 0) is 4.79 Å². The molecule has 0 saturated heterocycles. The Morgan fingerprint density at radius 3 is 2.38 bits per heavy atom. The lowest BCUT2D eigenvalue weighted by Crippen LogP contribution is -2.14. The van der Waals surface area contributed by atoms with Crippen molar-refractivity contribution in [1.82, 2.24) is 0 Å². The maximum absolute atomic E-state index is 13.0. The van der Waals surface area contributed by atoms with Gasteiger partial charge in [0.25, 0.3) is 0 Å². The van der Waals surface area contributed by atoms with Gasteiger partial charge >= 0.3 is 7.12 Å². The van der Waals surface area contributed by atoms with Crippen LogP contribution in [0.3, 0.4) is 0 Å². The van der Waals surface area contributed by atoms with Crippen LogP contribution in [-0.4, -0.2) is 23.5 Å². The van der Waals surface area contributed by atoms with Gasteiger partial charge in [0.2, 0.25) is 0 Å². The van der Waals surface area contributed by atoms with Crippen molar-refractivity contribution in [3.63, 3.8) is 0 Å². The maximum atomic E-state index is 13.0. The van der Waals surface area contributed by atoms with Gasteiger partial charge in [0.05, 0.1) is 0 Å². The van der Waals surface area contributed by atoms with Gasteiger partial charge in [-0.2, -0.15) is 0 Å². The molecule has 0 unspecified atom stereocenters. The van der Waals surface area contributed by atoms with Crippen LogP contribution in [0.2, 0.25) is 0 Å². The van der Waals surface area contributed by atoms with Crippen molar-refractivity contribution in [2.24, 2.45) is 0 Å². The molecule has 0 atom stereocenters. The highest BCUT2D eigenvalue weighted by Gasteiger charge is 2.13. The van der Waals surface area contributed by atoms with Crippen LogP contribution in [0.5, 0.6) is 0 Å². The number of carbonyl (C=O) groups excluding carboxylic acids is 1. The van der Waals surface area contributed by atoms with Crippen LogP contribution in [0.25, 0.3) is 0 Å². The first-order chi connectivity index (χ1) is 6.02. The molecule has 0 aliphatic rings. The van der Waals surface area contributed by atoms with Crippen molar-refractivity contribution >= 4 is 13.4 Å². The summed E-state index contributed by atoms with van der Waals surface area (Å²) in [6, 6.07) is 0. The molecule has 0 bridgehead atoms. The van der Waals surface area contributed by atoms with Crippen LogP contribution in [0.1, 0.15) is 20.3 Å². The van der Waals surface area contributed by atoms with Crippen LogP contribution >= 0.6 is 0 Å². The smallest absolute Gasteiger partial charge is 0.423 e. The van der Waals surface area contributed by atoms with Crippen molar-refractivity contribution in [2.45, 2.75) is 20.3 Å². The van der Waals surface area contributed by atoms with Crippen molar-refractivity contribution < 1.29 is 19.2 Å². The maximum Gasteiger partial charge on any atom is 0.486 e. The lowest BCUT2D eigenvalue weighted by atomic mass is 9.80. The SMILES string of the molecule is CC/C(C=O)=C\C(F)=C(/C)B(O)O. The van der Waals surface area contributed by atoms with Crippen LogP contribution in [0.4, 0.5) is 4.39 Å². The summed E-state index contributed by atoms with van der Waals surface area (Å²) in [7, 11) is -1.82. The Bertz CT molecular complexity index is 246. The number of hydrogen-bond donors (Lipinski definition) is 2. The van der Waals surface area contributed by atoms with Gasteiger partial charge < -0.3 is 10.0 Å². The van der Waals surface area contributed by atoms with Gasteiger partial charge in [-0.05, 0) is 30.5 Å². The molecule has 0 spiro atoms. The molecule has 0 aliphatic carbocycles. The number of aldehydes is 1. The Morgan fingerprint density at radius 2 is 2.08 bits per heavy atom. The molecule has 0 radical (unpaired) electrons. The number of carbonyl (C=O) groups is 1. The molecule has 0 fully saturated rings. The topological polar surface area (TPSA) is 57.5 Å². The monoisotopic (exact) mass is 186 g/mol. The zero-order valence-corrected chi connectivity index (χ0v) is 7.62. The van der Waals surface area contributed by atoms with E-state index in [4.69, 9.17) is 10.0 Å². The standard InChI is InChI=1S/C8H12BFO3/c1-3-7(5-11)4-8(10)6(2)9(12)13/h4-5,12-13H,3H2,1-2H3/b7-4+,8-6-. The Hall–Kier alpha value is -0.935. The minimum absolute atomic E-state index is 0.201. The minimum atomic E-state index is -1.82. The van der Waals surface area contributed by atoms with E-state index in [1.54, 1.807) is 6.92 Å². The Labute approximate surface area is 76.7 Å². The average Bonchev–Trinajstić information content (AvgIpc) is 2.12. The first-order valence-corrected chi connectivity index (χ1v) is 3.91. The number of halogens is 1. The Kier molecular flexibility index (Phi) is 5.26. The molecule has 5 heteroatoms. The van der Waals surface area contributed by atoms with E-state index in [0.29, 0.717) is 12.7 Å². The van der Waals surface area contributed by atoms with Gasteiger partial charge in [0, 0.05) is 0 Å². The summed E-state index contributed by atoms with van der Waals surface area (Å²) in [6.07, 6.45) is 1.95. The number of rotatable bonds is 4. The summed E-state index contributed by atoms with van der Waals surface area (Å²) in [6.45, 7) is 2.95. The lowest BCUT2D eigenvalue weighted by molar-refractivity contribution is -0.105. The quantitative estimate of drug-likeness (QED) is 0.295. The molecular weight excluding hydrogens is 174 g/mol. The van der Waals surface area contributed by atoms with Crippen molar-refractivity contribution in [3.8, 4) is 0 Å². The second-order valence-corrected chi connectivity index (χ2v) is 2.60. The third kappa shape index (κ3) is 4.01. The summed E-state index contributed by atoms with van der Waals surface area (Å²) in [5, 5.41) is 17.2. The third-order valence-corrected chi connectivity index (χ3v) is 1.64. The number of hydrogen-bond acceptors (Lipinski definition) is 3. The summed E-state index contributed by atoms with van der Waals surface area (Å²) in [5.74, 6) is -0.779. The van der Waals surface area contributed by atoms with Gasteiger partial charge in [0.15, 0.2) is 0 Å². The molecule has 0 aromatic rings. The summed E-state index contributed by atoms with van der Waals surface area (Å²) in [4.78, 5) is 10.3. The van der Waals surface area contributed by atoms with E-state index in [0.717, 1.165) is 6.08 Å². The van der Waals surface area contributed by atoms with Crippen LogP contribution < -0.4 is 0 Å². The molecule has 0 amide bonds. The fraction of sp³-hybridized carbons (Fsp3) is 0.375. The van der Waals surface area contributed by atoms with E-state index in [1.165, 1.54) is 6.92 Å². The van der Waals surface area contributed by atoms with Crippen molar-refractivity contribution in [3.05, 3.63) is 22.9 Å². The molecule has 0 heterocycles. The summed E-state index contributed by atoms with van der Waals surface area (Å²) >= 11 is 0. The third-order valence-electron chi connectivity index (χ3n) is 1.64. The lowest BCUT2D eigenvalue weighted by Gasteiger charge is -1.99. The van der Waals surface area contributed by atoms with Crippen LogP contribution in [0.15, 0.2) is 22.9 Å². The molecule has 0 rings (SSSR count). The van der Waals surface area contributed by atoms with Crippen LogP contribution in [0, 0.1) is 0 Å². The van der Waals surface area contributed by atoms with E-state index in [9.17, 15) is 9.18 Å². The summed E-state index contributed by atoms with van der Waals surface area (Å²) in [5.41, 5.74) is 0.0744. The zero-order valence-electron chi connectivity index (χ0n) is 7.62. The molecule has 0 aromatic carbocycles. The largest absolute Gasteiger partial charge is 0.486 e. The van der Waals surface area contributed by atoms with Gasteiger partial charge in [-0.15, -0.1) is 0 Å². The van der Waals surface area contributed by atoms with E-state index in [-0.39, 0.29) is 11.0 Å². The van der Waals surface area contributed by atoms with E-state index in [1.807, 2.05) is 0 Å². The Morgan fingerprint density at radius 1 is 1.54 bits per heavy atom. The van der Waals surface area contributed by atoms with Gasteiger partial charge in [0.1, 0.15) is 12.1 Å². The molecule has 2 N–H and O–H groups in total. The fourth-order valence-corrected chi connectivity index (χ4v) is 0.619. The molecule has 3 nitrogen and oxygen atoms in total. The molecule has 0 aliphatic heterocycles. The first kappa shape index (κ1) is 12.1. The van der Waals surface area contributed by atoms with Gasteiger partial charge in [-0.1, -0.05) is 6.92 Å². The molecule has 0 saturated carbocycles. The summed E-state index contributed by atoms with van der Waals surface area (Å²) < 4.78 is 13.0. The predicted molar refractivity (Wildman–Crippen MR) is 48.4 cm³/mol. The molecule has 0 aromatic heterocycles. The predicted octanol–water partition coefficient (Wildman–Crippen LogP) is 0.777. The average molecular weight is 186 g/mol. The fourth-order valence-electron chi connectivity index (χ4n) is 0.619. The van der Waals surface area contributed by atoms with E-state index >= 15 is 0 Å². The second-order valence-electron chi connectivity index (χ2n) is 2.60. The normalized spacial score (nSPS) is 13.8. The highest BCUT2D eigenvalue weighted by molar-refractivity contribution is 6.50. The van der Waals surface area contributed by atoms with Gasteiger partial charge in [-0.25, -0.2) is 4.39 Å². The highest BCUT2D eigenvalue weighted by atomic mass is 19.1. The molecular formula is C8H12BFO3. The van der Waals surface area contributed by atoms with Gasteiger partial charge in [-0.3, -0.25) is 4.79 Å². The second kappa shape index (κ2) is 5.67.